The van der Waals surface area contributed by atoms with Gasteiger partial charge in [-0.1, -0.05) is 20.8 Å². The lowest BCUT2D eigenvalue weighted by atomic mass is 9.87. The van der Waals surface area contributed by atoms with Crippen molar-refractivity contribution in [3.8, 4) is 0 Å². The third-order valence-corrected chi connectivity index (χ3v) is 5.67. The summed E-state index contributed by atoms with van der Waals surface area (Å²) in [5.74, 6) is 1.91. The SMILES string of the molecule is CC1CN(C2CSCC(C)(C)C2)CC1C(=O)O. The van der Waals surface area contributed by atoms with E-state index >= 15 is 0 Å². The van der Waals surface area contributed by atoms with Gasteiger partial charge in [-0.15, -0.1) is 0 Å². The van der Waals surface area contributed by atoms with Gasteiger partial charge in [0.1, 0.15) is 0 Å². The smallest absolute Gasteiger partial charge is 0.308 e. The molecule has 4 heteroatoms. The van der Waals surface area contributed by atoms with Crippen LogP contribution in [0, 0.1) is 17.3 Å². The highest BCUT2D eigenvalue weighted by molar-refractivity contribution is 7.99. The summed E-state index contributed by atoms with van der Waals surface area (Å²) in [7, 11) is 0. The fraction of sp³-hybridized carbons (Fsp3) is 0.923. The molecule has 0 aromatic carbocycles. The van der Waals surface area contributed by atoms with Crippen molar-refractivity contribution in [2.45, 2.75) is 33.2 Å². The summed E-state index contributed by atoms with van der Waals surface area (Å²) in [5, 5.41) is 9.17. The number of nitrogens with zero attached hydrogens (tertiary/aromatic N) is 1. The Morgan fingerprint density at radius 2 is 2.12 bits per heavy atom. The number of rotatable bonds is 2. The third-order valence-electron chi connectivity index (χ3n) is 4.07. The van der Waals surface area contributed by atoms with Crippen LogP contribution in [0.25, 0.3) is 0 Å². The molecule has 3 unspecified atom stereocenters. The molecule has 0 aromatic heterocycles. The van der Waals surface area contributed by atoms with Crippen molar-refractivity contribution in [1.82, 2.24) is 4.90 Å². The molecule has 0 aromatic rings. The Balaban J connectivity index is 1.98. The van der Waals surface area contributed by atoms with Crippen LogP contribution in [0.1, 0.15) is 27.2 Å². The maximum absolute atomic E-state index is 11.1. The Morgan fingerprint density at radius 1 is 1.41 bits per heavy atom. The summed E-state index contributed by atoms with van der Waals surface area (Å²) in [5.41, 5.74) is 0.401. The number of thioether (sulfide) groups is 1. The van der Waals surface area contributed by atoms with Crippen LogP contribution in [0.5, 0.6) is 0 Å². The lowest BCUT2D eigenvalue weighted by Crippen LogP contribution is -2.42. The standard InChI is InChI=1S/C13H23NO2S/c1-9-5-14(6-11(9)12(15)16)10-4-13(2,3)8-17-7-10/h9-11H,4-8H2,1-3H3,(H,15,16). The number of aliphatic carboxylic acids is 1. The molecule has 2 fully saturated rings. The summed E-state index contributed by atoms with van der Waals surface area (Å²) in [4.78, 5) is 13.5. The number of hydrogen-bond acceptors (Lipinski definition) is 3. The third kappa shape index (κ3) is 2.97. The Labute approximate surface area is 108 Å². The number of carboxylic acid groups (broad SMARTS) is 1. The minimum atomic E-state index is -0.622. The minimum Gasteiger partial charge on any atom is -0.481 e. The van der Waals surface area contributed by atoms with Gasteiger partial charge >= 0.3 is 5.97 Å². The first kappa shape index (κ1) is 13.2. The zero-order valence-corrected chi connectivity index (χ0v) is 11.8. The van der Waals surface area contributed by atoms with Gasteiger partial charge in [-0.2, -0.15) is 11.8 Å². The van der Waals surface area contributed by atoms with Crippen LogP contribution in [-0.4, -0.2) is 46.6 Å². The van der Waals surface area contributed by atoms with Crippen molar-refractivity contribution < 1.29 is 9.90 Å². The second-order valence-corrected chi connectivity index (χ2v) is 7.44. The van der Waals surface area contributed by atoms with Gasteiger partial charge in [-0.25, -0.2) is 0 Å². The van der Waals surface area contributed by atoms with Gasteiger partial charge in [-0.3, -0.25) is 9.69 Å². The molecule has 3 nitrogen and oxygen atoms in total. The topological polar surface area (TPSA) is 40.5 Å². The van der Waals surface area contributed by atoms with Crippen molar-refractivity contribution >= 4 is 17.7 Å². The average molecular weight is 257 g/mol. The van der Waals surface area contributed by atoms with Crippen molar-refractivity contribution in [2.24, 2.45) is 17.3 Å². The highest BCUT2D eigenvalue weighted by Gasteiger charge is 2.40. The van der Waals surface area contributed by atoms with E-state index in [1.807, 2.05) is 11.8 Å². The van der Waals surface area contributed by atoms with Gasteiger partial charge in [0.25, 0.3) is 0 Å². The molecule has 17 heavy (non-hydrogen) atoms. The van der Waals surface area contributed by atoms with E-state index in [9.17, 15) is 9.90 Å². The molecule has 0 amide bonds. The fourth-order valence-electron chi connectivity index (χ4n) is 3.09. The molecule has 1 N–H and O–H groups in total. The lowest BCUT2D eigenvalue weighted by molar-refractivity contribution is -0.142. The van der Waals surface area contributed by atoms with Crippen molar-refractivity contribution in [2.75, 3.05) is 24.6 Å². The molecule has 2 saturated heterocycles. The summed E-state index contributed by atoms with van der Waals surface area (Å²) >= 11 is 2.02. The van der Waals surface area contributed by atoms with E-state index in [-0.39, 0.29) is 5.92 Å². The van der Waals surface area contributed by atoms with Crippen LogP contribution in [0.4, 0.5) is 0 Å². The first-order valence-electron chi connectivity index (χ1n) is 6.44. The summed E-state index contributed by atoms with van der Waals surface area (Å²) in [6, 6.07) is 0.579. The van der Waals surface area contributed by atoms with Crippen LogP contribution >= 0.6 is 11.8 Å². The highest BCUT2D eigenvalue weighted by atomic mass is 32.2. The van der Waals surface area contributed by atoms with Gasteiger partial charge in [0, 0.05) is 24.9 Å². The summed E-state index contributed by atoms with van der Waals surface area (Å²) in [6.45, 7) is 8.41. The molecular formula is C13H23NO2S. The number of carboxylic acids is 1. The first-order chi connectivity index (χ1) is 7.89. The lowest BCUT2D eigenvalue weighted by Gasteiger charge is -2.39. The Morgan fingerprint density at radius 3 is 2.65 bits per heavy atom. The molecule has 2 aliphatic rings. The van der Waals surface area contributed by atoms with Crippen LogP contribution in [0.15, 0.2) is 0 Å². The predicted octanol–water partition coefficient (Wildman–Crippen LogP) is 2.17. The van der Waals surface area contributed by atoms with Gasteiger partial charge in [0.15, 0.2) is 0 Å². The fourth-order valence-corrected chi connectivity index (χ4v) is 4.47. The summed E-state index contributed by atoms with van der Waals surface area (Å²) < 4.78 is 0. The normalized spacial score (nSPS) is 38.2. The van der Waals surface area contributed by atoms with Crippen LogP contribution in [0.2, 0.25) is 0 Å². The van der Waals surface area contributed by atoms with Crippen molar-refractivity contribution in [3.05, 3.63) is 0 Å². The quantitative estimate of drug-likeness (QED) is 0.823. The number of hydrogen-bond donors (Lipinski definition) is 1. The van der Waals surface area contributed by atoms with Gasteiger partial charge in [-0.05, 0) is 23.5 Å². The van der Waals surface area contributed by atoms with Crippen molar-refractivity contribution in [3.63, 3.8) is 0 Å². The second-order valence-electron chi connectivity index (χ2n) is 6.41. The Hall–Kier alpha value is -0.220. The summed E-state index contributed by atoms with van der Waals surface area (Å²) in [6.07, 6.45) is 1.21. The predicted molar refractivity (Wildman–Crippen MR) is 71.4 cm³/mol. The van der Waals surface area contributed by atoms with E-state index in [0.29, 0.717) is 17.4 Å². The first-order valence-corrected chi connectivity index (χ1v) is 7.59. The molecule has 0 radical (unpaired) electrons. The van der Waals surface area contributed by atoms with Gasteiger partial charge in [0.2, 0.25) is 0 Å². The molecule has 0 bridgehead atoms. The minimum absolute atomic E-state index is 0.162. The molecule has 2 heterocycles. The van der Waals surface area contributed by atoms with Crippen LogP contribution in [0.3, 0.4) is 0 Å². The molecule has 0 spiro atoms. The molecule has 2 rings (SSSR count). The van der Waals surface area contributed by atoms with E-state index in [4.69, 9.17) is 0 Å². The van der Waals surface area contributed by atoms with E-state index < -0.39 is 5.97 Å². The molecule has 0 saturated carbocycles. The molecule has 0 aliphatic carbocycles. The van der Waals surface area contributed by atoms with Gasteiger partial charge in [0.05, 0.1) is 5.92 Å². The van der Waals surface area contributed by atoms with E-state index in [1.54, 1.807) is 0 Å². The van der Waals surface area contributed by atoms with Crippen molar-refractivity contribution in [1.29, 1.82) is 0 Å². The monoisotopic (exact) mass is 257 g/mol. The Bertz CT molecular complexity index is 306. The van der Waals surface area contributed by atoms with Gasteiger partial charge < -0.3 is 5.11 Å². The number of carbonyl (C=O) groups is 1. The zero-order chi connectivity index (χ0) is 12.6. The van der Waals surface area contributed by atoms with E-state index in [1.165, 1.54) is 17.9 Å². The van der Waals surface area contributed by atoms with E-state index in [0.717, 1.165) is 13.1 Å². The zero-order valence-electron chi connectivity index (χ0n) is 11.0. The van der Waals surface area contributed by atoms with Crippen LogP contribution in [-0.2, 0) is 4.79 Å². The Kier molecular flexibility index (Phi) is 3.74. The highest BCUT2D eigenvalue weighted by Crippen LogP contribution is 2.38. The molecule has 98 valence electrons. The largest absolute Gasteiger partial charge is 0.481 e. The maximum Gasteiger partial charge on any atom is 0.308 e. The maximum atomic E-state index is 11.1. The second kappa shape index (κ2) is 4.81. The molecule has 3 atom stereocenters. The molecular weight excluding hydrogens is 234 g/mol. The van der Waals surface area contributed by atoms with E-state index in [2.05, 4.69) is 25.7 Å². The number of likely N-dealkylation sites (tertiary alicyclic amines) is 1. The van der Waals surface area contributed by atoms with Crippen LogP contribution < -0.4 is 0 Å². The molecule has 2 aliphatic heterocycles. The average Bonchev–Trinajstić information content (AvgIpc) is 2.59.